The molecule has 35 heavy (non-hydrogen) atoms. The molecular weight excluding hydrogens is 448 g/mol. The SMILES string of the molecule is CCC[C@H](CC(=O)O)NC(=O)c1cc(NC(=O)OCC2c3ccccc3-c3ccccc32)nn1C. The van der Waals surface area contributed by atoms with E-state index in [0.29, 0.717) is 6.42 Å². The van der Waals surface area contributed by atoms with Gasteiger partial charge in [0.05, 0.1) is 6.42 Å². The molecule has 0 unspecified atom stereocenters. The van der Waals surface area contributed by atoms with Crippen molar-refractivity contribution in [2.24, 2.45) is 7.05 Å². The minimum absolute atomic E-state index is 0.0667. The van der Waals surface area contributed by atoms with Gasteiger partial charge in [0.15, 0.2) is 5.82 Å². The van der Waals surface area contributed by atoms with E-state index in [2.05, 4.69) is 27.9 Å². The molecule has 0 aliphatic heterocycles. The molecule has 3 aromatic rings. The quantitative estimate of drug-likeness (QED) is 0.426. The predicted octanol–water partition coefficient (Wildman–Crippen LogP) is 4.15. The van der Waals surface area contributed by atoms with Crippen molar-refractivity contribution in [2.45, 2.75) is 38.1 Å². The minimum Gasteiger partial charge on any atom is -0.481 e. The Balaban J connectivity index is 1.39. The van der Waals surface area contributed by atoms with Crippen LogP contribution in [0.4, 0.5) is 10.6 Å². The van der Waals surface area contributed by atoms with Crippen LogP contribution in [-0.2, 0) is 16.6 Å². The van der Waals surface area contributed by atoms with Gasteiger partial charge in [-0.25, -0.2) is 4.79 Å². The third-order valence-corrected chi connectivity index (χ3v) is 6.08. The Kier molecular flexibility index (Phi) is 7.14. The van der Waals surface area contributed by atoms with Crippen molar-refractivity contribution in [1.29, 1.82) is 0 Å². The average Bonchev–Trinajstić information content (AvgIpc) is 3.35. The summed E-state index contributed by atoms with van der Waals surface area (Å²) in [6, 6.07) is 17.1. The second kappa shape index (κ2) is 10.4. The molecule has 0 saturated carbocycles. The number of aliphatic carboxylic acids is 1. The number of hydrogen-bond acceptors (Lipinski definition) is 5. The zero-order valence-electron chi connectivity index (χ0n) is 19.7. The van der Waals surface area contributed by atoms with Gasteiger partial charge in [-0.3, -0.25) is 19.6 Å². The van der Waals surface area contributed by atoms with Crippen molar-refractivity contribution in [3.63, 3.8) is 0 Å². The molecule has 0 radical (unpaired) electrons. The normalized spacial score (nSPS) is 13.0. The van der Waals surface area contributed by atoms with Gasteiger partial charge in [-0.2, -0.15) is 5.10 Å². The number of hydrogen-bond donors (Lipinski definition) is 3. The molecule has 1 aliphatic rings. The van der Waals surface area contributed by atoms with Gasteiger partial charge in [-0.05, 0) is 28.7 Å². The summed E-state index contributed by atoms with van der Waals surface area (Å²) in [6.07, 6.45) is 0.438. The standard InChI is InChI=1S/C26H28N4O5/c1-3-8-16(13-24(31)32)27-25(33)22-14-23(29-30(22)2)28-26(34)35-15-21-19-11-6-4-9-17(19)18-10-5-7-12-20(18)21/h4-7,9-12,14,16,21H,3,8,13,15H2,1-2H3,(H,27,33)(H,31,32)(H,28,29,34)/t16-/m1/s1. The van der Waals surface area contributed by atoms with E-state index < -0.39 is 24.0 Å². The first kappa shape index (κ1) is 24.0. The first-order valence-electron chi connectivity index (χ1n) is 11.6. The van der Waals surface area contributed by atoms with Crippen LogP contribution in [0.15, 0.2) is 54.6 Å². The molecule has 182 valence electrons. The lowest BCUT2D eigenvalue weighted by atomic mass is 9.98. The lowest BCUT2D eigenvalue weighted by molar-refractivity contribution is -0.137. The number of carbonyl (C=O) groups is 3. The Hall–Kier alpha value is -4.14. The van der Waals surface area contributed by atoms with Gasteiger partial charge in [-0.15, -0.1) is 0 Å². The number of aromatic nitrogens is 2. The van der Waals surface area contributed by atoms with E-state index in [9.17, 15) is 14.4 Å². The molecular formula is C26H28N4O5. The van der Waals surface area contributed by atoms with E-state index in [-0.39, 0.29) is 30.5 Å². The molecule has 9 nitrogen and oxygen atoms in total. The Labute approximate surface area is 203 Å². The van der Waals surface area contributed by atoms with Crippen LogP contribution in [0.1, 0.15) is 53.7 Å². The molecule has 1 aromatic heterocycles. The van der Waals surface area contributed by atoms with Crippen molar-refractivity contribution in [2.75, 3.05) is 11.9 Å². The van der Waals surface area contributed by atoms with Crippen LogP contribution in [-0.4, -0.2) is 45.5 Å². The fourth-order valence-corrected chi connectivity index (χ4v) is 4.52. The van der Waals surface area contributed by atoms with Crippen molar-refractivity contribution in [1.82, 2.24) is 15.1 Å². The molecule has 0 saturated heterocycles. The number of nitrogens with one attached hydrogen (secondary N) is 2. The van der Waals surface area contributed by atoms with Gasteiger partial charge in [0.1, 0.15) is 12.3 Å². The predicted molar refractivity (Wildman–Crippen MR) is 130 cm³/mol. The Morgan fingerprint density at radius 3 is 2.31 bits per heavy atom. The summed E-state index contributed by atoms with van der Waals surface area (Å²) >= 11 is 0. The number of nitrogens with zero attached hydrogens (tertiary/aromatic N) is 2. The van der Waals surface area contributed by atoms with Gasteiger partial charge >= 0.3 is 12.1 Å². The Bertz CT molecular complexity index is 1210. The molecule has 2 aromatic carbocycles. The topological polar surface area (TPSA) is 123 Å². The van der Waals surface area contributed by atoms with E-state index >= 15 is 0 Å². The fraction of sp³-hybridized carbons (Fsp3) is 0.308. The van der Waals surface area contributed by atoms with Crippen molar-refractivity contribution in [3.05, 3.63) is 71.4 Å². The lowest BCUT2D eigenvalue weighted by Crippen LogP contribution is -2.37. The summed E-state index contributed by atoms with van der Waals surface area (Å²) in [4.78, 5) is 36.2. The van der Waals surface area contributed by atoms with Gasteiger partial charge in [0, 0.05) is 25.1 Å². The number of aryl methyl sites for hydroxylation is 1. The molecule has 9 heteroatoms. The van der Waals surface area contributed by atoms with Crippen LogP contribution in [0.2, 0.25) is 0 Å². The number of carboxylic acid groups (broad SMARTS) is 1. The van der Waals surface area contributed by atoms with E-state index in [4.69, 9.17) is 9.84 Å². The molecule has 4 rings (SSSR count). The highest BCUT2D eigenvalue weighted by Gasteiger charge is 2.29. The van der Waals surface area contributed by atoms with Crippen LogP contribution in [0.25, 0.3) is 11.1 Å². The first-order valence-corrected chi connectivity index (χ1v) is 11.6. The number of fused-ring (bicyclic) bond motifs is 3. The number of rotatable bonds is 9. The van der Waals surface area contributed by atoms with Crippen LogP contribution in [0, 0.1) is 0 Å². The van der Waals surface area contributed by atoms with E-state index in [0.717, 1.165) is 28.7 Å². The number of anilines is 1. The van der Waals surface area contributed by atoms with Crippen LogP contribution < -0.4 is 10.6 Å². The highest BCUT2D eigenvalue weighted by molar-refractivity contribution is 5.95. The zero-order valence-corrected chi connectivity index (χ0v) is 19.7. The average molecular weight is 477 g/mol. The zero-order chi connectivity index (χ0) is 24.9. The summed E-state index contributed by atoms with van der Waals surface area (Å²) < 4.78 is 6.86. The van der Waals surface area contributed by atoms with Gasteiger partial charge in [0.2, 0.25) is 0 Å². The largest absolute Gasteiger partial charge is 0.481 e. The highest BCUT2D eigenvalue weighted by atomic mass is 16.5. The highest BCUT2D eigenvalue weighted by Crippen LogP contribution is 2.44. The minimum atomic E-state index is -0.980. The summed E-state index contributed by atoms with van der Waals surface area (Å²) in [5.41, 5.74) is 4.71. The maximum atomic E-state index is 12.7. The molecule has 0 fully saturated rings. The van der Waals surface area contributed by atoms with Gasteiger partial charge in [-0.1, -0.05) is 61.9 Å². The number of ether oxygens (including phenoxy) is 1. The number of benzene rings is 2. The van der Waals surface area contributed by atoms with Gasteiger partial charge < -0.3 is 15.2 Å². The summed E-state index contributed by atoms with van der Waals surface area (Å²) in [7, 11) is 1.57. The number of amides is 2. The molecule has 3 N–H and O–H groups in total. The fourth-order valence-electron chi connectivity index (χ4n) is 4.52. The smallest absolute Gasteiger partial charge is 0.412 e. The molecule has 1 aliphatic carbocycles. The monoisotopic (exact) mass is 476 g/mol. The molecule has 1 heterocycles. The van der Waals surface area contributed by atoms with Crippen molar-refractivity contribution < 1.29 is 24.2 Å². The molecule has 1 atom stereocenters. The van der Waals surface area contributed by atoms with Gasteiger partial charge in [0.25, 0.3) is 5.91 Å². The van der Waals surface area contributed by atoms with E-state index in [1.54, 1.807) is 7.05 Å². The summed E-state index contributed by atoms with van der Waals surface area (Å²) in [5.74, 6) is -1.34. The second-order valence-corrected chi connectivity index (χ2v) is 8.55. The maximum Gasteiger partial charge on any atom is 0.412 e. The third kappa shape index (κ3) is 5.34. The molecule has 0 spiro atoms. The van der Waals surface area contributed by atoms with Crippen molar-refractivity contribution >= 4 is 23.8 Å². The van der Waals surface area contributed by atoms with E-state index in [1.807, 2.05) is 43.3 Å². The summed E-state index contributed by atoms with van der Waals surface area (Å²) in [5, 5.41) is 18.5. The summed E-state index contributed by atoms with van der Waals surface area (Å²) in [6.45, 7) is 2.08. The molecule has 2 amide bonds. The van der Waals surface area contributed by atoms with Crippen LogP contribution >= 0.6 is 0 Å². The number of carbonyl (C=O) groups excluding carboxylic acids is 2. The second-order valence-electron chi connectivity index (χ2n) is 8.55. The maximum absolute atomic E-state index is 12.7. The van der Waals surface area contributed by atoms with Crippen molar-refractivity contribution in [3.8, 4) is 11.1 Å². The lowest BCUT2D eigenvalue weighted by Gasteiger charge is -2.15. The Morgan fingerprint density at radius 2 is 1.71 bits per heavy atom. The Morgan fingerprint density at radius 1 is 1.09 bits per heavy atom. The number of carboxylic acids is 1. The first-order chi connectivity index (χ1) is 16.9. The van der Waals surface area contributed by atoms with Crippen LogP contribution in [0.3, 0.4) is 0 Å². The molecule has 0 bridgehead atoms. The third-order valence-electron chi connectivity index (χ3n) is 6.08. The van der Waals surface area contributed by atoms with E-state index in [1.165, 1.54) is 10.7 Å². The van der Waals surface area contributed by atoms with Crippen LogP contribution in [0.5, 0.6) is 0 Å².